The van der Waals surface area contributed by atoms with E-state index in [1.165, 1.54) is 18.2 Å². The SMILES string of the molecule is CN1CCN(C(=O)c2c(O)cccc2O)CC1c1ccccc1. The van der Waals surface area contributed by atoms with E-state index in [1.807, 2.05) is 37.4 Å². The number of piperazine rings is 1. The third-order valence-electron chi connectivity index (χ3n) is 4.35. The van der Waals surface area contributed by atoms with Gasteiger partial charge in [0.1, 0.15) is 17.1 Å². The van der Waals surface area contributed by atoms with E-state index in [1.54, 1.807) is 4.90 Å². The minimum absolute atomic E-state index is 0.0242. The second-order valence-electron chi connectivity index (χ2n) is 5.83. The number of benzene rings is 2. The van der Waals surface area contributed by atoms with Crippen molar-refractivity contribution in [2.24, 2.45) is 0 Å². The number of phenols is 2. The maximum atomic E-state index is 12.7. The zero-order valence-electron chi connectivity index (χ0n) is 13.0. The van der Waals surface area contributed by atoms with Crippen LogP contribution in [0.5, 0.6) is 11.5 Å². The summed E-state index contributed by atoms with van der Waals surface area (Å²) < 4.78 is 0. The minimum Gasteiger partial charge on any atom is -0.507 e. The fourth-order valence-electron chi connectivity index (χ4n) is 3.00. The highest BCUT2D eigenvalue weighted by Gasteiger charge is 2.30. The van der Waals surface area contributed by atoms with Crippen LogP contribution < -0.4 is 0 Å². The molecule has 1 atom stereocenters. The molecule has 0 aliphatic carbocycles. The first-order valence-electron chi connectivity index (χ1n) is 7.63. The van der Waals surface area contributed by atoms with E-state index in [0.29, 0.717) is 13.1 Å². The zero-order chi connectivity index (χ0) is 16.4. The largest absolute Gasteiger partial charge is 0.507 e. The van der Waals surface area contributed by atoms with E-state index in [9.17, 15) is 15.0 Å². The topological polar surface area (TPSA) is 64.0 Å². The number of carbonyl (C=O) groups excluding carboxylic acids is 1. The minimum atomic E-state index is -0.338. The summed E-state index contributed by atoms with van der Waals surface area (Å²) in [7, 11) is 2.04. The molecule has 2 aromatic carbocycles. The van der Waals surface area contributed by atoms with Crippen LogP contribution in [0.15, 0.2) is 48.5 Å². The second kappa shape index (κ2) is 6.30. The van der Waals surface area contributed by atoms with Gasteiger partial charge in [-0.15, -0.1) is 0 Å². The Morgan fingerprint density at radius 2 is 1.65 bits per heavy atom. The Labute approximate surface area is 135 Å². The van der Waals surface area contributed by atoms with Gasteiger partial charge in [-0.3, -0.25) is 9.69 Å². The molecule has 5 nitrogen and oxygen atoms in total. The first-order valence-corrected chi connectivity index (χ1v) is 7.63. The summed E-state index contributed by atoms with van der Waals surface area (Å²) in [6.07, 6.45) is 0. The molecule has 1 unspecified atom stereocenters. The summed E-state index contributed by atoms with van der Waals surface area (Å²) in [6.45, 7) is 1.82. The monoisotopic (exact) mass is 312 g/mol. The van der Waals surface area contributed by atoms with Gasteiger partial charge in [-0.2, -0.15) is 0 Å². The maximum absolute atomic E-state index is 12.7. The van der Waals surface area contributed by atoms with Gasteiger partial charge in [0.05, 0.1) is 6.04 Å². The van der Waals surface area contributed by atoms with Gasteiger partial charge < -0.3 is 15.1 Å². The molecule has 0 bridgehead atoms. The summed E-state index contributed by atoms with van der Waals surface area (Å²) in [6, 6.07) is 14.5. The van der Waals surface area contributed by atoms with Gasteiger partial charge in [0, 0.05) is 19.6 Å². The van der Waals surface area contributed by atoms with Crippen molar-refractivity contribution in [1.82, 2.24) is 9.80 Å². The summed E-state index contributed by atoms with van der Waals surface area (Å²) >= 11 is 0. The first kappa shape index (κ1) is 15.4. The van der Waals surface area contributed by atoms with E-state index in [0.717, 1.165) is 12.1 Å². The molecule has 1 fully saturated rings. The zero-order valence-corrected chi connectivity index (χ0v) is 13.0. The Hall–Kier alpha value is -2.53. The number of phenolic OH excluding ortho intramolecular Hbond substituents is 2. The maximum Gasteiger partial charge on any atom is 0.261 e. The first-order chi connectivity index (χ1) is 11.1. The number of aromatic hydroxyl groups is 2. The summed E-state index contributed by atoms with van der Waals surface area (Å²) in [5, 5.41) is 19.8. The molecule has 1 saturated heterocycles. The number of carbonyl (C=O) groups is 1. The number of likely N-dealkylation sites (N-methyl/N-ethyl adjacent to an activating group) is 1. The lowest BCUT2D eigenvalue weighted by molar-refractivity contribution is 0.0540. The highest BCUT2D eigenvalue weighted by molar-refractivity contribution is 5.99. The number of nitrogens with zero attached hydrogens (tertiary/aromatic N) is 2. The Balaban J connectivity index is 1.85. The molecular formula is C18H20N2O3. The molecule has 3 rings (SSSR count). The molecule has 120 valence electrons. The molecule has 1 aliphatic heterocycles. The van der Waals surface area contributed by atoms with Crippen LogP contribution >= 0.6 is 0 Å². The molecule has 1 amide bonds. The highest BCUT2D eigenvalue weighted by Crippen LogP contribution is 2.30. The van der Waals surface area contributed by atoms with Crippen LogP contribution in [0.3, 0.4) is 0 Å². The van der Waals surface area contributed by atoms with Crippen molar-refractivity contribution in [3.8, 4) is 11.5 Å². The van der Waals surface area contributed by atoms with Crippen molar-refractivity contribution in [3.05, 3.63) is 59.7 Å². The van der Waals surface area contributed by atoms with Crippen molar-refractivity contribution in [2.75, 3.05) is 26.7 Å². The molecule has 2 aromatic rings. The van der Waals surface area contributed by atoms with Crippen molar-refractivity contribution in [1.29, 1.82) is 0 Å². The standard InChI is InChI=1S/C18H20N2O3/c1-19-10-11-20(12-14(19)13-6-3-2-4-7-13)18(23)17-15(21)8-5-9-16(17)22/h2-9,14,21-22H,10-12H2,1H3. The summed E-state index contributed by atoms with van der Waals surface area (Å²) in [4.78, 5) is 16.6. The average Bonchev–Trinajstić information content (AvgIpc) is 2.56. The number of rotatable bonds is 2. The van der Waals surface area contributed by atoms with Crippen LogP contribution in [-0.2, 0) is 0 Å². The average molecular weight is 312 g/mol. The Morgan fingerprint density at radius 1 is 1.00 bits per heavy atom. The molecule has 2 N–H and O–H groups in total. The lowest BCUT2D eigenvalue weighted by Crippen LogP contribution is -2.49. The normalized spacial score (nSPS) is 18.8. The third kappa shape index (κ3) is 3.00. The van der Waals surface area contributed by atoms with Gasteiger partial charge in [-0.05, 0) is 24.7 Å². The smallest absolute Gasteiger partial charge is 0.261 e. The van der Waals surface area contributed by atoms with Crippen LogP contribution in [0.1, 0.15) is 22.0 Å². The van der Waals surface area contributed by atoms with Crippen LogP contribution in [0.4, 0.5) is 0 Å². The second-order valence-corrected chi connectivity index (χ2v) is 5.83. The Morgan fingerprint density at radius 3 is 2.30 bits per heavy atom. The van der Waals surface area contributed by atoms with Crippen molar-refractivity contribution in [3.63, 3.8) is 0 Å². The summed E-state index contributed by atoms with van der Waals surface area (Å²) in [5.41, 5.74) is 1.12. The quantitative estimate of drug-likeness (QED) is 0.892. The molecule has 23 heavy (non-hydrogen) atoms. The van der Waals surface area contributed by atoms with Gasteiger partial charge in [-0.1, -0.05) is 36.4 Å². The molecule has 5 heteroatoms. The lowest BCUT2D eigenvalue weighted by Gasteiger charge is -2.39. The van der Waals surface area contributed by atoms with E-state index < -0.39 is 0 Å². The molecule has 1 heterocycles. The van der Waals surface area contributed by atoms with E-state index in [4.69, 9.17) is 0 Å². The number of amides is 1. The molecule has 0 aromatic heterocycles. The van der Waals surface area contributed by atoms with Crippen molar-refractivity contribution >= 4 is 5.91 Å². The van der Waals surface area contributed by atoms with Crippen molar-refractivity contribution in [2.45, 2.75) is 6.04 Å². The van der Waals surface area contributed by atoms with Gasteiger partial charge >= 0.3 is 0 Å². The summed E-state index contributed by atoms with van der Waals surface area (Å²) in [5.74, 6) is -0.718. The van der Waals surface area contributed by atoms with Crippen molar-refractivity contribution < 1.29 is 15.0 Å². The fourth-order valence-corrected chi connectivity index (χ4v) is 3.00. The van der Waals surface area contributed by atoms with Gasteiger partial charge in [0.25, 0.3) is 5.91 Å². The molecule has 0 saturated carbocycles. The Kier molecular flexibility index (Phi) is 4.21. The molecule has 0 radical (unpaired) electrons. The molecular weight excluding hydrogens is 292 g/mol. The number of hydrogen-bond acceptors (Lipinski definition) is 4. The predicted molar refractivity (Wildman–Crippen MR) is 87.5 cm³/mol. The van der Waals surface area contributed by atoms with Crippen LogP contribution in [0.2, 0.25) is 0 Å². The van der Waals surface area contributed by atoms with Crippen LogP contribution in [0, 0.1) is 0 Å². The van der Waals surface area contributed by atoms with Gasteiger partial charge in [0.2, 0.25) is 0 Å². The molecule has 1 aliphatic rings. The van der Waals surface area contributed by atoms with E-state index >= 15 is 0 Å². The third-order valence-corrected chi connectivity index (χ3v) is 4.35. The predicted octanol–water partition coefficient (Wildman–Crippen LogP) is 2.23. The fraction of sp³-hybridized carbons (Fsp3) is 0.278. The van der Waals surface area contributed by atoms with Crippen LogP contribution in [-0.4, -0.2) is 52.6 Å². The van der Waals surface area contributed by atoms with E-state index in [-0.39, 0.29) is 29.0 Å². The van der Waals surface area contributed by atoms with Crippen LogP contribution in [0.25, 0.3) is 0 Å². The highest BCUT2D eigenvalue weighted by atomic mass is 16.3. The van der Waals surface area contributed by atoms with E-state index in [2.05, 4.69) is 4.90 Å². The number of hydrogen-bond donors (Lipinski definition) is 2. The van der Waals surface area contributed by atoms with Gasteiger partial charge in [-0.25, -0.2) is 0 Å². The Bertz CT molecular complexity index is 682. The molecule has 0 spiro atoms. The van der Waals surface area contributed by atoms with Gasteiger partial charge in [0.15, 0.2) is 0 Å². The lowest BCUT2D eigenvalue weighted by atomic mass is 10.0.